The Bertz CT molecular complexity index is 607. The van der Waals surface area contributed by atoms with E-state index in [9.17, 15) is 5.11 Å². The number of fused-ring (bicyclic) bond motifs is 2. The summed E-state index contributed by atoms with van der Waals surface area (Å²) in [4.78, 5) is 4.62. The maximum Gasteiger partial charge on any atom is 0.133 e. The molecule has 1 heterocycles. The first-order valence-corrected chi connectivity index (χ1v) is 6.36. The second kappa shape index (κ2) is 4.25. The molecule has 1 unspecified atom stereocenters. The zero-order valence-corrected chi connectivity index (χ0v) is 10.7. The summed E-state index contributed by atoms with van der Waals surface area (Å²) < 4.78 is 5.58. The van der Waals surface area contributed by atoms with Crippen molar-refractivity contribution in [2.24, 2.45) is 0 Å². The largest absolute Gasteiger partial charge is 0.496 e. The van der Waals surface area contributed by atoms with Crippen LogP contribution in [0.25, 0.3) is 10.9 Å². The maximum atomic E-state index is 10.1. The van der Waals surface area contributed by atoms with Crippen LogP contribution in [0.3, 0.4) is 0 Å². The Labute approximate surface area is 106 Å². The maximum absolute atomic E-state index is 10.1. The number of ether oxygens (including phenoxy) is 1. The van der Waals surface area contributed by atoms with Crippen LogP contribution >= 0.6 is 0 Å². The molecule has 1 atom stereocenters. The molecule has 1 N–H and O–H groups in total. The van der Waals surface area contributed by atoms with Gasteiger partial charge >= 0.3 is 0 Å². The first-order chi connectivity index (χ1) is 8.70. The molecule has 2 aromatic rings. The summed E-state index contributed by atoms with van der Waals surface area (Å²) >= 11 is 0. The fourth-order valence-corrected chi connectivity index (χ4v) is 2.76. The number of rotatable bonds is 1. The number of methoxy groups -OCH3 is 1. The molecule has 0 saturated heterocycles. The van der Waals surface area contributed by atoms with E-state index in [1.807, 2.05) is 12.1 Å². The van der Waals surface area contributed by atoms with Gasteiger partial charge in [0.25, 0.3) is 0 Å². The summed E-state index contributed by atoms with van der Waals surface area (Å²) in [6, 6.07) is 6.13. The zero-order chi connectivity index (χ0) is 12.7. The molecule has 1 aromatic carbocycles. The van der Waals surface area contributed by atoms with E-state index in [2.05, 4.69) is 18.0 Å². The van der Waals surface area contributed by atoms with Crippen LogP contribution in [0.5, 0.6) is 5.75 Å². The normalized spacial score (nSPS) is 18.7. The fraction of sp³-hybridized carbons (Fsp3) is 0.400. The molecular formula is C15H17NO2. The van der Waals surface area contributed by atoms with E-state index in [4.69, 9.17) is 4.74 Å². The third kappa shape index (κ3) is 1.66. The van der Waals surface area contributed by atoms with E-state index in [0.717, 1.165) is 47.2 Å². The summed E-state index contributed by atoms with van der Waals surface area (Å²) in [6.45, 7) is 2.06. The Balaban J connectivity index is 2.36. The van der Waals surface area contributed by atoms with Gasteiger partial charge in [-0.05, 0) is 38.3 Å². The van der Waals surface area contributed by atoms with Crippen LogP contribution < -0.4 is 4.74 Å². The second-order valence-corrected chi connectivity index (χ2v) is 4.94. The number of pyridine rings is 1. The average Bonchev–Trinajstić information content (AvgIpc) is 2.37. The molecule has 0 saturated carbocycles. The monoisotopic (exact) mass is 243 g/mol. The first-order valence-electron chi connectivity index (χ1n) is 6.36. The Morgan fingerprint density at radius 3 is 3.00 bits per heavy atom. The van der Waals surface area contributed by atoms with Gasteiger partial charge in [-0.25, -0.2) is 4.98 Å². The van der Waals surface area contributed by atoms with Gasteiger partial charge in [-0.3, -0.25) is 0 Å². The summed E-state index contributed by atoms with van der Waals surface area (Å²) in [7, 11) is 1.69. The highest BCUT2D eigenvalue weighted by Crippen LogP contribution is 2.38. The summed E-state index contributed by atoms with van der Waals surface area (Å²) in [6.07, 6.45) is 2.27. The van der Waals surface area contributed by atoms with Crippen LogP contribution in [0, 0.1) is 6.92 Å². The van der Waals surface area contributed by atoms with E-state index < -0.39 is 6.10 Å². The van der Waals surface area contributed by atoms with E-state index in [1.165, 1.54) is 5.56 Å². The number of aliphatic hydroxyl groups excluding tert-OH is 1. The number of aliphatic hydroxyl groups is 1. The van der Waals surface area contributed by atoms with Gasteiger partial charge in [-0.15, -0.1) is 0 Å². The molecule has 3 heteroatoms. The Hall–Kier alpha value is -1.61. The lowest BCUT2D eigenvalue weighted by Gasteiger charge is -2.23. The van der Waals surface area contributed by atoms with Gasteiger partial charge in [0.2, 0.25) is 0 Å². The number of nitrogens with zero attached hydrogens (tertiary/aromatic N) is 1. The number of benzene rings is 1. The third-order valence-electron chi connectivity index (χ3n) is 3.64. The molecule has 18 heavy (non-hydrogen) atoms. The third-order valence-corrected chi connectivity index (χ3v) is 3.64. The van der Waals surface area contributed by atoms with E-state index in [0.29, 0.717) is 0 Å². The molecule has 94 valence electrons. The van der Waals surface area contributed by atoms with Gasteiger partial charge in [0.1, 0.15) is 5.75 Å². The lowest BCUT2D eigenvalue weighted by atomic mass is 9.91. The van der Waals surface area contributed by atoms with E-state index in [-0.39, 0.29) is 0 Å². The Morgan fingerprint density at radius 1 is 1.39 bits per heavy atom. The van der Waals surface area contributed by atoms with E-state index in [1.54, 1.807) is 7.11 Å². The van der Waals surface area contributed by atoms with Crippen LogP contribution in [0.2, 0.25) is 0 Å². The summed E-state index contributed by atoms with van der Waals surface area (Å²) in [5.74, 6) is 0.887. The van der Waals surface area contributed by atoms with Crippen molar-refractivity contribution < 1.29 is 9.84 Å². The highest BCUT2D eigenvalue weighted by Gasteiger charge is 2.24. The fourth-order valence-electron chi connectivity index (χ4n) is 2.76. The molecule has 1 aliphatic carbocycles. The second-order valence-electron chi connectivity index (χ2n) is 4.94. The molecular weight excluding hydrogens is 226 g/mol. The van der Waals surface area contributed by atoms with Gasteiger partial charge in [0.05, 0.1) is 24.4 Å². The number of aromatic nitrogens is 1. The predicted molar refractivity (Wildman–Crippen MR) is 70.9 cm³/mol. The highest BCUT2D eigenvalue weighted by molar-refractivity contribution is 5.87. The molecule has 3 rings (SSSR count). The lowest BCUT2D eigenvalue weighted by Crippen LogP contribution is -2.13. The number of hydrogen-bond donors (Lipinski definition) is 1. The molecule has 0 amide bonds. The topological polar surface area (TPSA) is 42.4 Å². The molecule has 0 spiro atoms. The average molecular weight is 243 g/mol. The van der Waals surface area contributed by atoms with Gasteiger partial charge in [-0.2, -0.15) is 0 Å². The standard InChI is InChI=1S/C15H17NO2/c1-9-6-7-12-11(8-9)15(18-2)10-4-3-5-13(17)14(10)16-12/h6-8,13,17H,3-5H2,1-2H3. The van der Waals surface area contributed by atoms with Gasteiger partial charge in [0.15, 0.2) is 0 Å². The summed E-state index contributed by atoms with van der Waals surface area (Å²) in [5, 5.41) is 11.1. The van der Waals surface area contributed by atoms with E-state index >= 15 is 0 Å². The van der Waals surface area contributed by atoms with Gasteiger partial charge in [0, 0.05) is 10.9 Å². The van der Waals surface area contributed by atoms with Crippen molar-refractivity contribution in [2.45, 2.75) is 32.3 Å². The van der Waals surface area contributed by atoms with Gasteiger partial charge < -0.3 is 9.84 Å². The SMILES string of the molecule is COc1c2c(nc3ccc(C)cc13)C(O)CCC2. The highest BCUT2D eigenvalue weighted by atomic mass is 16.5. The van der Waals surface area contributed by atoms with Crippen molar-refractivity contribution in [3.8, 4) is 5.75 Å². The molecule has 1 aromatic heterocycles. The Morgan fingerprint density at radius 2 is 2.22 bits per heavy atom. The summed E-state index contributed by atoms with van der Waals surface area (Å²) in [5.41, 5.74) is 3.97. The quantitative estimate of drug-likeness (QED) is 0.837. The minimum absolute atomic E-state index is 0.451. The van der Waals surface area contributed by atoms with Gasteiger partial charge in [-0.1, -0.05) is 11.6 Å². The Kier molecular flexibility index (Phi) is 2.71. The van der Waals surface area contributed by atoms with Crippen LogP contribution in [-0.4, -0.2) is 17.2 Å². The van der Waals surface area contributed by atoms with Crippen LogP contribution in [0.15, 0.2) is 18.2 Å². The van der Waals surface area contributed by atoms with Crippen molar-refractivity contribution in [3.63, 3.8) is 0 Å². The molecule has 0 bridgehead atoms. The molecule has 0 fully saturated rings. The zero-order valence-electron chi connectivity index (χ0n) is 10.7. The van der Waals surface area contributed by atoms with Crippen molar-refractivity contribution in [1.29, 1.82) is 0 Å². The number of hydrogen-bond acceptors (Lipinski definition) is 3. The molecule has 1 aliphatic rings. The first kappa shape index (κ1) is 11.5. The van der Waals surface area contributed by atoms with Crippen molar-refractivity contribution >= 4 is 10.9 Å². The minimum Gasteiger partial charge on any atom is -0.496 e. The smallest absolute Gasteiger partial charge is 0.133 e. The molecule has 0 radical (unpaired) electrons. The lowest BCUT2D eigenvalue weighted by molar-refractivity contribution is 0.151. The van der Waals surface area contributed by atoms with Crippen LogP contribution in [0.1, 0.15) is 35.8 Å². The predicted octanol–water partition coefficient (Wildman–Crippen LogP) is 2.92. The van der Waals surface area contributed by atoms with Crippen LogP contribution in [0.4, 0.5) is 0 Å². The number of aryl methyl sites for hydroxylation is 1. The molecule has 3 nitrogen and oxygen atoms in total. The van der Waals surface area contributed by atoms with Crippen LogP contribution in [-0.2, 0) is 6.42 Å². The van der Waals surface area contributed by atoms with Crippen molar-refractivity contribution in [2.75, 3.05) is 7.11 Å². The molecule has 0 aliphatic heterocycles. The minimum atomic E-state index is -0.451. The van der Waals surface area contributed by atoms with Crippen molar-refractivity contribution in [3.05, 3.63) is 35.0 Å². The van der Waals surface area contributed by atoms with Crippen molar-refractivity contribution in [1.82, 2.24) is 4.98 Å².